The van der Waals surface area contributed by atoms with E-state index in [0.29, 0.717) is 17.6 Å². The van der Waals surface area contributed by atoms with E-state index in [-0.39, 0.29) is 6.54 Å². The maximum Gasteiger partial charge on any atom is 0.191 e. The van der Waals surface area contributed by atoms with Gasteiger partial charge in [-0.2, -0.15) is 0 Å². The van der Waals surface area contributed by atoms with E-state index in [9.17, 15) is 9.50 Å². The molecule has 92 valence electrons. The summed E-state index contributed by atoms with van der Waals surface area (Å²) in [5.41, 5.74) is 0.298. The van der Waals surface area contributed by atoms with Gasteiger partial charge in [0, 0.05) is 18.2 Å². The maximum absolute atomic E-state index is 13.4. The maximum atomic E-state index is 13.4. The summed E-state index contributed by atoms with van der Waals surface area (Å²) in [7, 11) is 0. The number of aliphatic hydroxyl groups excluding tert-OH is 1. The predicted molar refractivity (Wildman–Crippen MR) is 64.3 cm³/mol. The summed E-state index contributed by atoms with van der Waals surface area (Å²) in [6, 6.07) is 6.53. The monoisotopic (exact) mass is 237 g/mol. The van der Waals surface area contributed by atoms with Crippen LogP contribution in [0.4, 0.5) is 4.39 Å². The molecule has 0 aliphatic carbocycles. The molecule has 1 aromatic rings. The van der Waals surface area contributed by atoms with Crippen LogP contribution in [-0.2, 0) is 0 Å². The van der Waals surface area contributed by atoms with Gasteiger partial charge in [0.1, 0.15) is 5.82 Å². The van der Waals surface area contributed by atoms with Crippen LogP contribution in [0.15, 0.2) is 29.3 Å². The molecular weight excluding hydrogens is 221 g/mol. The first-order valence-corrected chi connectivity index (χ1v) is 5.64. The standard InChI is InChI=1S/C12H16FN3O/c1-8-6-14-12(16-8)15-7-11(17)9-4-2-3-5-10(9)13/h2-5,8,11,17H,6-7H2,1H3,(H2,14,15,16). The molecule has 1 aliphatic rings. The van der Waals surface area contributed by atoms with Crippen LogP contribution in [-0.4, -0.2) is 30.2 Å². The highest BCUT2D eigenvalue weighted by Crippen LogP contribution is 2.15. The number of hydrogen-bond acceptors (Lipinski definition) is 4. The number of rotatable bonds is 3. The Hall–Kier alpha value is -1.62. The lowest BCUT2D eigenvalue weighted by atomic mass is 10.1. The van der Waals surface area contributed by atoms with Crippen molar-refractivity contribution in [3.05, 3.63) is 35.6 Å². The molecule has 0 aromatic heterocycles. The summed E-state index contributed by atoms with van der Waals surface area (Å²) >= 11 is 0. The van der Waals surface area contributed by atoms with Gasteiger partial charge < -0.3 is 15.7 Å². The molecule has 4 nitrogen and oxygen atoms in total. The summed E-state index contributed by atoms with van der Waals surface area (Å²) in [4.78, 5) is 4.19. The van der Waals surface area contributed by atoms with Gasteiger partial charge in [0.15, 0.2) is 5.96 Å². The zero-order valence-electron chi connectivity index (χ0n) is 9.65. The molecular formula is C12H16FN3O. The molecule has 1 heterocycles. The molecule has 0 spiro atoms. The fourth-order valence-corrected chi connectivity index (χ4v) is 1.71. The van der Waals surface area contributed by atoms with Crippen molar-refractivity contribution in [1.82, 2.24) is 10.6 Å². The van der Waals surface area contributed by atoms with Crippen LogP contribution in [0.2, 0.25) is 0 Å². The van der Waals surface area contributed by atoms with E-state index in [0.717, 1.165) is 6.54 Å². The smallest absolute Gasteiger partial charge is 0.191 e. The zero-order valence-corrected chi connectivity index (χ0v) is 9.65. The molecule has 0 bridgehead atoms. The Kier molecular flexibility index (Phi) is 3.58. The Morgan fingerprint density at radius 2 is 2.35 bits per heavy atom. The van der Waals surface area contributed by atoms with E-state index in [1.54, 1.807) is 18.2 Å². The molecule has 2 rings (SSSR count). The van der Waals surface area contributed by atoms with Crippen LogP contribution in [0, 0.1) is 5.82 Å². The summed E-state index contributed by atoms with van der Waals surface area (Å²) in [5.74, 6) is 0.268. The molecule has 0 fully saturated rings. The van der Waals surface area contributed by atoms with E-state index in [4.69, 9.17) is 0 Å². The van der Waals surface area contributed by atoms with Gasteiger partial charge in [0.2, 0.25) is 0 Å². The molecule has 1 aromatic carbocycles. The second-order valence-electron chi connectivity index (χ2n) is 4.15. The van der Waals surface area contributed by atoms with E-state index in [1.165, 1.54) is 6.07 Å². The van der Waals surface area contributed by atoms with Gasteiger partial charge in [-0.05, 0) is 13.0 Å². The summed E-state index contributed by atoms with van der Waals surface area (Å²) < 4.78 is 13.4. The Morgan fingerprint density at radius 1 is 1.59 bits per heavy atom. The van der Waals surface area contributed by atoms with Crippen molar-refractivity contribution < 1.29 is 9.50 Å². The van der Waals surface area contributed by atoms with Crippen molar-refractivity contribution in [2.75, 3.05) is 13.1 Å². The Labute approximate surface area is 99.6 Å². The van der Waals surface area contributed by atoms with E-state index >= 15 is 0 Å². The Balaban J connectivity index is 1.90. The topological polar surface area (TPSA) is 56.7 Å². The lowest BCUT2D eigenvalue weighted by Crippen LogP contribution is -2.39. The van der Waals surface area contributed by atoms with Crippen molar-refractivity contribution in [1.29, 1.82) is 0 Å². The molecule has 0 saturated heterocycles. The first-order valence-electron chi connectivity index (χ1n) is 5.64. The van der Waals surface area contributed by atoms with Gasteiger partial charge >= 0.3 is 0 Å². The van der Waals surface area contributed by atoms with Crippen LogP contribution >= 0.6 is 0 Å². The van der Waals surface area contributed by atoms with E-state index in [1.807, 2.05) is 6.92 Å². The largest absolute Gasteiger partial charge is 0.386 e. The van der Waals surface area contributed by atoms with Gasteiger partial charge in [-0.3, -0.25) is 4.99 Å². The van der Waals surface area contributed by atoms with Crippen LogP contribution in [0.1, 0.15) is 18.6 Å². The third kappa shape index (κ3) is 2.94. The Bertz CT molecular complexity index is 422. The lowest BCUT2D eigenvalue weighted by molar-refractivity contribution is 0.176. The number of hydrogen-bond donors (Lipinski definition) is 3. The molecule has 2 atom stereocenters. The minimum atomic E-state index is -0.878. The normalized spacial score (nSPS) is 20.6. The summed E-state index contributed by atoms with van der Waals surface area (Å²) in [5, 5.41) is 15.9. The van der Waals surface area contributed by atoms with Gasteiger partial charge in [0.25, 0.3) is 0 Å². The number of halogens is 1. The fraction of sp³-hybridized carbons (Fsp3) is 0.417. The van der Waals surface area contributed by atoms with Crippen molar-refractivity contribution in [2.45, 2.75) is 19.1 Å². The summed E-state index contributed by atoms with van der Waals surface area (Å²) in [6.45, 7) is 2.98. The second-order valence-corrected chi connectivity index (χ2v) is 4.15. The van der Waals surface area contributed by atoms with Crippen molar-refractivity contribution in [3.63, 3.8) is 0 Å². The SMILES string of the molecule is CC1CN=C(NCC(O)c2ccccc2F)N1. The number of nitrogens with one attached hydrogen (secondary N) is 2. The molecule has 17 heavy (non-hydrogen) atoms. The van der Waals surface area contributed by atoms with Gasteiger partial charge in [-0.1, -0.05) is 18.2 Å². The van der Waals surface area contributed by atoms with Crippen molar-refractivity contribution >= 4 is 5.96 Å². The molecule has 0 saturated carbocycles. The molecule has 1 aliphatic heterocycles. The average molecular weight is 237 g/mol. The number of aliphatic imine (C=N–C) groups is 1. The highest BCUT2D eigenvalue weighted by molar-refractivity contribution is 5.81. The number of nitrogens with zero attached hydrogens (tertiary/aromatic N) is 1. The fourth-order valence-electron chi connectivity index (χ4n) is 1.71. The second kappa shape index (κ2) is 5.14. The number of benzene rings is 1. The van der Waals surface area contributed by atoms with Gasteiger partial charge in [0.05, 0.1) is 12.6 Å². The average Bonchev–Trinajstić information content (AvgIpc) is 2.73. The van der Waals surface area contributed by atoms with E-state index in [2.05, 4.69) is 15.6 Å². The minimum Gasteiger partial charge on any atom is -0.386 e. The highest BCUT2D eigenvalue weighted by Gasteiger charge is 2.15. The van der Waals surface area contributed by atoms with Crippen LogP contribution in [0.3, 0.4) is 0 Å². The van der Waals surface area contributed by atoms with Gasteiger partial charge in [-0.15, -0.1) is 0 Å². The van der Waals surface area contributed by atoms with E-state index < -0.39 is 11.9 Å². The van der Waals surface area contributed by atoms with Crippen LogP contribution in [0.25, 0.3) is 0 Å². The van der Waals surface area contributed by atoms with Crippen LogP contribution < -0.4 is 10.6 Å². The van der Waals surface area contributed by atoms with Crippen LogP contribution in [0.5, 0.6) is 0 Å². The van der Waals surface area contributed by atoms with Gasteiger partial charge in [-0.25, -0.2) is 4.39 Å². The lowest BCUT2D eigenvalue weighted by Gasteiger charge is -2.14. The molecule has 5 heteroatoms. The Morgan fingerprint density at radius 3 is 3.00 bits per heavy atom. The third-order valence-corrected chi connectivity index (χ3v) is 2.63. The minimum absolute atomic E-state index is 0.236. The first kappa shape index (κ1) is 11.9. The zero-order chi connectivity index (χ0) is 12.3. The molecule has 3 N–H and O–H groups in total. The number of guanidine groups is 1. The first-order chi connectivity index (χ1) is 8.16. The number of aliphatic hydroxyl groups is 1. The van der Waals surface area contributed by atoms with Crippen molar-refractivity contribution in [3.8, 4) is 0 Å². The quantitative estimate of drug-likeness (QED) is 0.728. The molecule has 0 radical (unpaired) electrons. The molecule has 2 unspecified atom stereocenters. The highest BCUT2D eigenvalue weighted by atomic mass is 19.1. The third-order valence-electron chi connectivity index (χ3n) is 2.63. The van der Waals surface area contributed by atoms with Crippen molar-refractivity contribution in [2.24, 2.45) is 4.99 Å². The summed E-state index contributed by atoms with van der Waals surface area (Å²) in [6.07, 6.45) is -0.878. The molecule has 0 amide bonds. The predicted octanol–water partition coefficient (Wildman–Crippen LogP) is 0.796.